The molecule has 4 aliphatic heterocycles. The van der Waals surface area contributed by atoms with Crippen LogP contribution >= 0.6 is 0 Å². The van der Waals surface area contributed by atoms with E-state index in [1.807, 2.05) is 5.57 Å². The number of fused-ring (bicyclic) bond motifs is 34. The van der Waals surface area contributed by atoms with E-state index in [0.29, 0.717) is 121 Å². The molecule has 28 rings (SSSR count). The summed E-state index contributed by atoms with van der Waals surface area (Å²) in [6.45, 7) is 37.5. The van der Waals surface area contributed by atoms with E-state index in [1.54, 1.807) is 5.57 Å². The van der Waals surface area contributed by atoms with Gasteiger partial charge in [0.05, 0.1) is 42.7 Å². The van der Waals surface area contributed by atoms with Crippen molar-refractivity contribution in [3.8, 4) is 0 Å². The van der Waals surface area contributed by atoms with Crippen LogP contribution < -0.4 is 0 Å². The summed E-state index contributed by atoms with van der Waals surface area (Å²) >= 11 is 0. The Kier molecular flexibility index (Phi) is 35.6. The molecule has 0 amide bonds. The molecular weight excluding hydrogens is 1860 g/mol. The summed E-state index contributed by atoms with van der Waals surface area (Å²) in [4.78, 5) is 38.0. The minimum Gasteiger partial charge on any atom is -0.393 e. The van der Waals surface area contributed by atoms with Crippen LogP contribution in [0.25, 0.3) is 0 Å². The number of ketones is 3. The number of carbonyl (C=O) groups is 3. The molecule has 4 spiro atoms. The fraction of sp³-hybridized carbons (Fsp3) is 0.916. The van der Waals surface area contributed by atoms with Crippen LogP contribution in [0.15, 0.2) is 46.6 Å². The van der Waals surface area contributed by atoms with E-state index in [1.165, 1.54) is 120 Å². The van der Waals surface area contributed by atoms with E-state index < -0.39 is 30.2 Å². The number of allylic oxidation sites excluding steroid dienone is 6. The van der Waals surface area contributed by atoms with Gasteiger partial charge in [-0.15, -0.1) is 0 Å². The van der Waals surface area contributed by atoms with Gasteiger partial charge in [0.2, 0.25) is 0 Å². The largest absolute Gasteiger partial charge is 0.393 e. The summed E-state index contributed by atoms with van der Waals surface area (Å²) in [6.07, 6.45) is 56.1. The Morgan fingerprint density at radius 3 is 0.987 bits per heavy atom. The van der Waals surface area contributed by atoms with Crippen LogP contribution in [0.3, 0.4) is 0 Å². The first-order valence-electron chi connectivity index (χ1n) is 58.2. The van der Waals surface area contributed by atoms with Crippen molar-refractivity contribution in [1.82, 2.24) is 0 Å². The zero-order valence-electron chi connectivity index (χ0n) is 88.4. The maximum absolute atomic E-state index is 13.2. The zero-order chi connectivity index (χ0) is 97.5. The Labute approximate surface area is 907 Å². The molecule has 18 nitrogen and oxygen atoms in total. The first-order valence-corrected chi connectivity index (χ1v) is 58.2. The molecule has 149 heavy (non-hydrogen) atoms. The summed E-state index contributed by atoms with van der Waals surface area (Å²) in [5.41, 5.74) is 8.06. The third-order valence-corrected chi connectivity index (χ3v) is 52.4. The molecule has 28 aliphatic rings. The molecule has 856 valence electrons. The molecule has 0 bridgehead atoms. The lowest BCUT2D eigenvalue weighted by molar-refractivity contribution is -0.438. The predicted molar refractivity (Wildman–Crippen MR) is 598 cm³/mol. The third kappa shape index (κ3) is 17.7. The summed E-state index contributed by atoms with van der Waals surface area (Å²) in [5.74, 6) is 12.4. The van der Waals surface area contributed by atoms with Gasteiger partial charge in [-0.25, -0.2) is 0 Å². The van der Waals surface area contributed by atoms with Crippen LogP contribution in [0, 0.1) is 201 Å². The minimum atomic E-state index is -0.769. The van der Waals surface area contributed by atoms with Crippen LogP contribution in [0.1, 0.15) is 467 Å². The molecule has 0 aromatic heterocycles. The van der Waals surface area contributed by atoms with Crippen molar-refractivity contribution in [2.45, 2.75) is 533 Å². The van der Waals surface area contributed by atoms with Crippen molar-refractivity contribution >= 4 is 17.3 Å². The average Bonchev–Trinajstić information content (AvgIpc) is 1.55. The van der Waals surface area contributed by atoms with Gasteiger partial charge in [0.15, 0.2) is 56.1 Å². The van der Waals surface area contributed by atoms with Gasteiger partial charge < -0.3 is 73.6 Å². The third-order valence-electron chi connectivity index (χ3n) is 52.4. The van der Waals surface area contributed by atoms with Crippen molar-refractivity contribution < 1.29 is 88.0 Å². The number of ether oxygens (including phenoxy) is 8. The van der Waals surface area contributed by atoms with Gasteiger partial charge in [-0.05, 0) is 413 Å². The van der Waals surface area contributed by atoms with Crippen LogP contribution in [0.5, 0.6) is 0 Å². The summed E-state index contributed by atoms with van der Waals surface area (Å²) < 4.78 is 48.0. The lowest BCUT2D eigenvalue weighted by atomic mass is 9.43. The predicted octanol–water partition coefficient (Wildman–Crippen LogP) is 29.2. The van der Waals surface area contributed by atoms with E-state index in [4.69, 9.17) is 37.9 Å². The fourth-order valence-corrected chi connectivity index (χ4v) is 43.5. The minimum absolute atomic E-state index is 0. The number of aliphatic hydroxyl groups excluding tert-OH is 7. The normalized spacial score (nSPS) is 51.6. The fourth-order valence-electron chi connectivity index (χ4n) is 43.5. The van der Waals surface area contributed by atoms with Crippen LogP contribution in [-0.2, 0) is 52.3 Å². The highest BCUT2D eigenvalue weighted by atomic mass is 16.9. The number of hydrogen-bond donors (Lipinski definition) is 7. The first kappa shape index (κ1) is 123. The number of aliphatic hydroxyl groups is 7. The summed E-state index contributed by atoms with van der Waals surface area (Å²) in [6, 6.07) is 0. The van der Waals surface area contributed by atoms with E-state index in [-0.39, 0.29) is 194 Å². The van der Waals surface area contributed by atoms with Gasteiger partial charge in [-0.3, -0.25) is 14.4 Å². The smallest absolute Gasteiger partial charge is 0.179 e. The molecular formula is C131H224O18. The first-order chi connectivity index (χ1) is 65.9. The zero-order valence-corrected chi connectivity index (χ0v) is 88.4. The average molecular weight is 2090 g/mol. The van der Waals surface area contributed by atoms with Gasteiger partial charge >= 0.3 is 0 Å². The molecule has 20 saturated carbocycles. The highest BCUT2D eigenvalue weighted by molar-refractivity contribution is 5.94. The van der Waals surface area contributed by atoms with Crippen molar-refractivity contribution in [3.63, 3.8) is 0 Å². The monoisotopic (exact) mass is 2090 g/mol. The van der Waals surface area contributed by atoms with Crippen LogP contribution in [-0.4, -0.2) is 146 Å². The molecule has 4 saturated heterocycles. The maximum Gasteiger partial charge on any atom is 0.179 e. The second-order valence-corrected chi connectivity index (χ2v) is 57.0. The van der Waals surface area contributed by atoms with E-state index in [9.17, 15) is 50.1 Å². The van der Waals surface area contributed by atoms with Gasteiger partial charge in [-0.2, -0.15) is 0 Å². The maximum atomic E-state index is 13.2. The molecule has 24 aliphatic carbocycles. The number of Topliss-reactive ketones (excluding diaryl/α,β-unsaturated/α-hetero) is 2. The van der Waals surface area contributed by atoms with E-state index >= 15 is 0 Å². The topological polar surface area (TPSA) is 267 Å². The van der Waals surface area contributed by atoms with Crippen molar-refractivity contribution in [3.05, 3.63) is 46.6 Å². The highest BCUT2D eigenvalue weighted by Crippen LogP contribution is 2.77. The summed E-state index contributed by atoms with van der Waals surface area (Å²) in [7, 11) is 0. The number of hydrogen-bond acceptors (Lipinski definition) is 18. The Morgan fingerprint density at radius 1 is 0.255 bits per heavy atom. The molecule has 42 atom stereocenters. The number of carbonyl (C=O) groups excluding carboxylic acids is 3. The van der Waals surface area contributed by atoms with Crippen molar-refractivity contribution in [2.24, 2.45) is 201 Å². The van der Waals surface area contributed by atoms with Gasteiger partial charge in [0, 0.05) is 76.9 Å². The standard InChI is InChI=1S/C21H34O4.C21H30O3.C21H32O2.C20H30O3.C19H30O4.C19H28O2.10CH4/c1-12-4-7-19(2)13-5-8-20(3)14(6-9-21(20)24-11-25-21)16(13)18(23)17(22)15(19)10-12;1-13-4-7-19(2)14(10-13)11-17(22)18-15(19)5-8-20(3)16(18)6-9-21(20)23-12-24-21;1-14-6-9-19(2)15(12-14)4-5-16-17(19)7-10-20(3)18(16)8-11-21(20)22-13-23-21;1-18-8-5-14(21)11-13(18)3-4-15-16(18)6-9-19(2)17(15)7-10-20(19)22-12-23-20;1-18-7-5-10(20)9-13(18)16(22)17(23)15-11-3-4-14(21)19(11,2)8-6-12(15)18;1-18-9-7-13(20)11-12(18)3-4-14-15-5-6-17(21)19(15,2)10-8-16(14)18;;;;;;;;;;/h12-18,22-23H,4-11H2,1-3H3;11,13,15-16,18H,4-10,12H2,1-3H3;4,14,16-18H,5-13H2,1-3H3;3,14-17,21H,4-12H2,1-2H3;10-13,15-17,20,22-23H,3-9H2,1-2H3;3,13-16,20H,4-11H2,1-2H3;10*1H4/t12-,13-,14-,15+,16+,17+,18+,19+,20-;13-,15-,16-,18+,19-,20-;14-,16+,17-,18-,19-,20-;14-,15+,16-,17-,18-,19-;10-,11-,12-,13+,15-,16+,17+,18+,19-;13-,14-,15-,16-,18-,19-;;;;;;;;;;/m000000........../s1. The molecule has 0 radical (unpaired) electrons. The lowest BCUT2D eigenvalue weighted by Gasteiger charge is -2.64. The van der Waals surface area contributed by atoms with Crippen molar-refractivity contribution in [1.29, 1.82) is 0 Å². The Bertz CT molecular complexity index is 4720. The molecule has 24 fully saturated rings. The highest BCUT2D eigenvalue weighted by Gasteiger charge is 2.76. The van der Waals surface area contributed by atoms with E-state index in [0.717, 1.165) is 220 Å². The molecule has 0 unspecified atom stereocenters. The molecule has 0 aromatic carbocycles. The Morgan fingerprint density at radius 2 is 0.550 bits per heavy atom. The lowest BCUT2D eigenvalue weighted by Crippen LogP contribution is -2.66. The Balaban J connectivity index is 0.000000147. The van der Waals surface area contributed by atoms with Crippen molar-refractivity contribution in [2.75, 3.05) is 27.2 Å². The number of rotatable bonds is 0. The Hall–Kier alpha value is -2.63. The quantitative estimate of drug-likeness (QED) is 0.111. The van der Waals surface area contributed by atoms with E-state index in [2.05, 4.69) is 128 Å². The summed E-state index contributed by atoms with van der Waals surface area (Å²) in [5, 5.41) is 74.2. The van der Waals surface area contributed by atoms with Gasteiger partial charge in [0.25, 0.3) is 0 Å². The second-order valence-electron chi connectivity index (χ2n) is 57.0. The molecule has 0 aromatic rings. The molecule has 7 N–H and O–H groups in total. The van der Waals surface area contributed by atoms with Gasteiger partial charge in [0.1, 0.15) is 11.6 Å². The molecule has 18 heteroatoms. The van der Waals surface area contributed by atoms with Gasteiger partial charge in [-0.1, -0.05) is 225 Å². The molecule has 4 heterocycles. The second kappa shape index (κ2) is 43.0. The van der Waals surface area contributed by atoms with Crippen LogP contribution in [0.4, 0.5) is 0 Å². The van der Waals surface area contributed by atoms with Crippen LogP contribution in [0.2, 0.25) is 0 Å². The SMILES string of the molecule is C.C.C.C.C.C.C.C.C.C.C[C@H]1CC[C@@]2(C)C(=CC(=O)[C@@H]3[C@@H]2CC[C@@]2(C)[C@H]3CCC23OCO3)C1.C[C@H]1CC[C@@]2(C)C(=CC[C@@H]3[C@@H]2CC[C@@]2(C)[C@H]3CCC23OCO3)C1.C[C@H]1CC[C@@]2(C)[C@H](C1)[C@@H](O)[C@H](O)[C@@H]1[C@@H]2CC[C@@]2(C)[C@H]1CCC21OCO1.C[C@]12CC[C@H](O)CC1=CC[C@@H]1[C@@H]2CC[C@@]2(C)[C@H]1CCC21OCO1.C[C@]12CC[C@H](O)CC1=CC[C@@H]1[C@@H]2CC[C@]2(C)C(=O)CC[C@@H]12.C[C@]12CC[C@H](O)C[C@@H]1[C@@H](O)[C@H](O)[C@@H]1[C@@H]2CC[C@]2(C)C(=O)CC[C@@H]12.